The van der Waals surface area contributed by atoms with Gasteiger partial charge in [-0.15, -0.1) is 0 Å². The fourth-order valence-corrected chi connectivity index (χ4v) is 3.43. The number of nitrogens with one attached hydrogen (secondary N) is 1. The van der Waals surface area contributed by atoms with Gasteiger partial charge in [0.05, 0.1) is 0 Å². The molecule has 1 N–H and O–H groups in total. The molecule has 142 valence electrons. The van der Waals surface area contributed by atoms with E-state index >= 15 is 0 Å². The summed E-state index contributed by atoms with van der Waals surface area (Å²) in [6.07, 6.45) is 0.948. The van der Waals surface area contributed by atoms with Crippen LogP contribution in [0.1, 0.15) is 24.5 Å². The van der Waals surface area contributed by atoms with Crippen LogP contribution in [0.5, 0.6) is 5.75 Å². The van der Waals surface area contributed by atoms with Crippen molar-refractivity contribution in [2.24, 2.45) is 0 Å². The molecule has 0 unspecified atom stereocenters. The first kappa shape index (κ1) is 19.9. The van der Waals surface area contributed by atoms with Crippen molar-refractivity contribution in [1.29, 1.82) is 0 Å². The van der Waals surface area contributed by atoms with E-state index in [1.54, 1.807) is 16.8 Å². The van der Waals surface area contributed by atoms with Gasteiger partial charge in [0.1, 0.15) is 12.4 Å². The molecule has 0 aliphatic rings. The number of aryl methyl sites for hydroxylation is 1. The minimum absolute atomic E-state index is 0.278. The van der Waals surface area contributed by atoms with E-state index in [1.165, 1.54) is 0 Å². The summed E-state index contributed by atoms with van der Waals surface area (Å²) in [6, 6.07) is 11.2. The van der Waals surface area contributed by atoms with E-state index < -0.39 is 0 Å². The van der Waals surface area contributed by atoms with Crippen molar-refractivity contribution >= 4 is 45.1 Å². The summed E-state index contributed by atoms with van der Waals surface area (Å²) >= 11 is 16.0. The third-order valence-electron chi connectivity index (χ3n) is 3.86. The van der Waals surface area contributed by atoms with Crippen LogP contribution in [0.25, 0.3) is 0 Å². The number of nitrogens with zero attached hydrogens (tertiary/aromatic N) is 4. The summed E-state index contributed by atoms with van der Waals surface area (Å²) in [5, 5.41) is 16.1. The van der Waals surface area contributed by atoms with Gasteiger partial charge in [0.25, 0.3) is 0 Å². The van der Waals surface area contributed by atoms with Crippen molar-refractivity contribution < 1.29 is 4.74 Å². The molecule has 0 atom stereocenters. The summed E-state index contributed by atoms with van der Waals surface area (Å²) in [4.78, 5) is 0. The second kappa shape index (κ2) is 9.39. The Morgan fingerprint density at radius 1 is 1.19 bits per heavy atom. The molecule has 1 heterocycles. The number of halogens is 3. The van der Waals surface area contributed by atoms with Gasteiger partial charge in [-0.1, -0.05) is 57.2 Å². The highest BCUT2D eigenvalue weighted by Crippen LogP contribution is 2.29. The number of aromatic nitrogens is 4. The van der Waals surface area contributed by atoms with E-state index in [4.69, 9.17) is 27.9 Å². The lowest BCUT2D eigenvalue weighted by atomic mass is 10.2. The van der Waals surface area contributed by atoms with Gasteiger partial charge in [0, 0.05) is 38.7 Å². The van der Waals surface area contributed by atoms with Crippen LogP contribution >= 0.6 is 39.1 Å². The molecule has 0 saturated carbocycles. The molecule has 0 amide bonds. The predicted molar refractivity (Wildman–Crippen MR) is 110 cm³/mol. The Morgan fingerprint density at radius 3 is 2.70 bits per heavy atom. The number of hydrogen-bond acceptors (Lipinski definition) is 5. The van der Waals surface area contributed by atoms with E-state index in [9.17, 15) is 0 Å². The minimum atomic E-state index is 0.278. The van der Waals surface area contributed by atoms with Crippen LogP contribution in [-0.4, -0.2) is 20.2 Å². The Morgan fingerprint density at radius 2 is 1.96 bits per heavy atom. The molecule has 2 aromatic carbocycles. The van der Waals surface area contributed by atoms with Gasteiger partial charge in [0.2, 0.25) is 5.95 Å². The maximum atomic E-state index is 6.23. The molecule has 0 bridgehead atoms. The first-order valence-electron chi connectivity index (χ1n) is 8.42. The van der Waals surface area contributed by atoms with Crippen LogP contribution < -0.4 is 10.1 Å². The van der Waals surface area contributed by atoms with Crippen LogP contribution in [0.3, 0.4) is 0 Å². The Balaban J connectivity index is 1.74. The summed E-state index contributed by atoms with van der Waals surface area (Å²) in [5.41, 5.74) is 1.72. The van der Waals surface area contributed by atoms with Crippen molar-refractivity contribution in [3.63, 3.8) is 0 Å². The number of anilines is 1. The highest BCUT2D eigenvalue weighted by Gasteiger charge is 2.11. The van der Waals surface area contributed by atoms with Crippen LogP contribution in [0.15, 0.2) is 40.9 Å². The number of tetrazole rings is 1. The van der Waals surface area contributed by atoms with Gasteiger partial charge in [-0.2, -0.15) is 0 Å². The summed E-state index contributed by atoms with van der Waals surface area (Å²) in [7, 11) is 0. The Labute approximate surface area is 175 Å². The van der Waals surface area contributed by atoms with Gasteiger partial charge in [-0.3, -0.25) is 0 Å². The van der Waals surface area contributed by atoms with Crippen LogP contribution in [0.2, 0.25) is 10.0 Å². The molecule has 3 aromatic rings. The quantitative estimate of drug-likeness (QED) is 0.481. The zero-order chi connectivity index (χ0) is 19.2. The average Bonchev–Trinajstić information content (AvgIpc) is 3.08. The lowest BCUT2D eigenvalue weighted by Crippen LogP contribution is -2.10. The smallest absolute Gasteiger partial charge is 0.243 e. The lowest BCUT2D eigenvalue weighted by molar-refractivity contribution is 0.303. The van der Waals surface area contributed by atoms with Crippen LogP contribution in [0, 0.1) is 0 Å². The molecule has 1 aromatic heterocycles. The fourth-order valence-electron chi connectivity index (χ4n) is 2.52. The fraction of sp³-hybridized carbons (Fsp3) is 0.278. The first-order chi connectivity index (χ1) is 13.1. The zero-order valence-corrected chi connectivity index (χ0v) is 17.7. The Kier molecular flexibility index (Phi) is 6.93. The molecule has 6 nitrogen and oxygen atoms in total. The molecular weight excluding hydrogens is 453 g/mol. The third-order valence-corrected chi connectivity index (χ3v) is 5.06. The molecule has 0 saturated heterocycles. The van der Waals surface area contributed by atoms with Gasteiger partial charge >= 0.3 is 0 Å². The van der Waals surface area contributed by atoms with Gasteiger partial charge in [-0.05, 0) is 47.2 Å². The molecule has 0 radical (unpaired) electrons. The van der Waals surface area contributed by atoms with Crippen LogP contribution in [-0.2, 0) is 19.7 Å². The van der Waals surface area contributed by atoms with Crippen LogP contribution in [0.4, 0.5) is 5.95 Å². The molecule has 0 aliphatic carbocycles. The molecule has 9 heteroatoms. The van der Waals surface area contributed by atoms with Gasteiger partial charge < -0.3 is 10.1 Å². The maximum absolute atomic E-state index is 6.23. The molecular formula is C18H18BrCl2N5O. The first-order valence-corrected chi connectivity index (χ1v) is 9.97. The van der Waals surface area contributed by atoms with Gasteiger partial charge in [0.15, 0.2) is 0 Å². The monoisotopic (exact) mass is 469 g/mol. The van der Waals surface area contributed by atoms with E-state index in [1.807, 2.05) is 24.3 Å². The predicted octanol–water partition coefficient (Wildman–Crippen LogP) is 5.34. The molecule has 0 fully saturated rings. The van der Waals surface area contributed by atoms with Crippen molar-refractivity contribution in [1.82, 2.24) is 20.2 Å². The van der Waals surface area contributed by atoms with Crippen molar-refractivity contribution in [2.45, 2.75) is 33.0 Å². The maximum Gasteiger partial charge on any atom is 0.243 e. The molecule has 3 rings (SSSR count). The Bertz CT molecular complexity index is 898. The lowest BCUT2D eigenvalue weighted by Gasteiger charge is -2.14. The normalized spacial score (nSPS) is 10.8. The summed E-state index contributed by atoms with van der Waals surface area (Å²) in [5.74, 6) is 1.35. The van der Waals surface area contributed by atoms with Crippen molar-refractivity contribution in [3.8, 4) is 5.75 Å². The number of benzene rings is 2. The highest BCUT2D eigenvalue weighted by molar-refractivity contribution is 9.10. The second-order valence-electron chi connectivity index (χ2n) is 5.82. The molecule has 0 aliphatic heterocycles. The molecule has 0 spiro atoms. The van der Waals surface area contributed by atoms with E-state index in [0.717, 1.165) is 34.3 Å². The Hall–Kier alpha value is -1.83. The third kappa shape index (κ3) is 5.12. The standard InChI is InChI=1S/C18H18BrCl2N5O/c1-2-8-26-18(23-24-25-26)22-10-12-9-13(19)6-7-17(12)27-11-14-15(20)4-3-5-16(14)21/h3-7,9H,2,8,10-11H2,1H3,(H,22,23,25). The van der Waals surface area contributed by atoms with E-state index in [-0.39, 0.29) is 6.61 Å². The zero-order valence-electron chi connectivity index (χ0n) is 14.6. The largest absolute Gasteiger partial charge is 0.488 e. The summed E-state index contributed by atoms with van der Waals surface area (Å²) < 4.78 is 8.69. The highest BCUT2D eigenvalue weighted by atomic mass is 79.9. The van der Waals surface area contributed by atoms with E-state index in [2.05, 4.69) is 43.7 Å². The minimum Gasteiger partial charge on any atom is -0.488 e. The number of hydrogen-bond donors (Lipinski definition) is 1. The van der Waals surface area contributed by atoms with Crippen molar-refractivity contribution in [3.05, 3.63) is 62.0 Å². The topological polar surface area (TPSA) is 64.9 Å². The number of ether oxygens (including phenoxy) is 1. The van der Waals surface area contributed by atoms with E-state index in [0.29, 0.717) is 22.5 Å². The van der Waals surface area contributed by atoms with Crippen molar-refractivity contribution in [2.75, 3.05) is 5.32 Å². The number of rotatable bonds is 8. The second-order valence-corrected chi connectivity index (χ2v) is 7.55. The van der Waals surface area contributed by atoms with Gasteiger partial charge in [-0.25, -0.2) is 4.68 Å². The SMILES string of the molecule is CCCn1nnnc1NCc1cc(Br)ccc1OCc1c(Cl)cccc1Cl. The average molecular weight is 471 g/mol. The molecule has 27 heavy (non-hydrogen) atoms. The summed E-state index contributed by atoms with van der Waals surface area (Å²) in [6.45, 7) is 3.61.